The van der Waals surface area contributed by atoms with Gasteiger partial charge in [-0.2, -0.15) is 8.42 Å². The lowest BCUT2D eigenvalue weighted by molar-refractivity contribution is 0.101. The molecule has 1 fully saturated rings. The molecule has 1 saturated carbocycles. The highest BCUT2D eigenvalue weighted by Crippen LogP contribution is 2.43. The zero-order chi connectivity index (χ0) is 20.1. The molecule has 0 radical (unpaired) electrons. The third-order valence-electron chi connectivity index (χ3n) is 5.25. The van der Waals surface area contributed by atoms with Crippen LogP contribution in [-0.2, 0) is 14.5 Å². The van der Waals surface area contributed by atoms with Gasteiger partial charge in [0.1, 0.15) is 12.1 Å². The molecule has 3 rings (SSSR count). The van der Waals surface area contributed by atoms with E-state index in [1.54, 1.807) is 17.7 Å². The third kappa shape index (κ3) is 5.38. The molecule has 4 N–H and O–H groups in total. The summed E-state index contributed by atoms with van der Waals surface area (Å²) in [6, 6.07) is 0. The molecule has 0 aliphatic heterocycles. The summed E-state index contributed by atoms with van der Waals surface area (Å²) >= 11 is 1.60. The highest BCUT2D eigenvalue weighted by molar-refractivity contribution is 7.84. The van der Waals surface area contributed by atoms with Gasteiger partial charge >= 0.3 is 10.3 Å². The van der Waals surface area contributed by atoms with Crippen LogP contribution in [0.15, 0.2) is 11.7 Å². The Morgan fingerprint density at radius 3 is 2.89 bits per heavy atom. The van der Waals surface area contributed by atoms with Crippen molar-refractivity contribution in [3.8, 4) is 0 Å². The number of hydrogen-bond acceptors (Lipinski definition) is 8. The van der Waals surface area contributed by atoms with Crippen LogP contribution >= 0.6 is 11.3 Å². The maximum atomic E-state index is 11.0. The van der Waals surface area contributed by atoms with Gasteiger partial charge in [-0.1, -0.05) is 26.2 Å². The summed E-state index contributed by atoms with van der Waals surface area (Å²) < 4.78 is 27.7. The van der Waals surface area contributed by atoms with Crippen LogP contribution in [0.5, 0.6) is 0 Å². The Bertz CT molecular complexity index is 887. The zero-order valence-electron chi connectivity index (χ0n) is 16.0. The van der Waals surface area contributed by atoms with E-state index in [2.05, 4.69) is 31.8 Å². The third-order valence-corrected chi connectivity index (χ3v) is 6.71. The van der Waals surface area contributed by atoms with Gasteiger partial charge in [0.15, 0.2) is 0 Å². The Morgan fingerprint density at radius 1 is 1.32 bits per heavy atom. The summed E-state index contributed by atoms with van der Waals surface area (Å²) in [5.74, 6) is 0.687. The molecule has 2 aromatic heterocycles. The topological polar surface area (TPSA) is 127 Å². The monoisotopic (exact) mass is 428 g/mol. The molecule has 2 aromatic rings. The molecule has 0 saturated heterocycles. The highest BCUT2D eigenvalue weighted by Gasteiger charge is 2.36. The molecule has 1 aliphatic rings. The highest BCUT2D eigenvalue weighted by atomic mass is 32.2. The Hall–Kier alpha value is -1.33. The van der Waals surface area contributed by atoms with Gasteiger partial charge < -0.3 is 10.4 Å². The molecule has 156 valence electrons. The molecule has 3 atom stereocenters. The fourth-order valence-corrected chi connectivity index (χ4v) is 5.19. The van der Waals surface area contributed by atoms with Gasteiger partial charge in [0.25, 0.3) is 0 Å². The Labute approximate surface area is 169 Å². The first-order valence-corrected chi connectivity index (χ1v) is 12.0. The number of unbranched alkanes of at least 4 members (excludes halogenated alkanes) is 3. The number of rotatable bonds is 10. The van der Waals surface area contributed by atoms with Crippen LogP contribution in [-0.4, -0.2) is 42.7 Å². The van der Waals surface area contributed by atoms with Gasteiger partial charge in [0, 0.05) is 12.5 Å². The molecule has 2 heterocycles. The number of nitrogens with one attached hydrogen (secondary N) is 1. The number of anilines is 1. The van der Waals surface area contributed by atoms with Gasteiger partial charge in [-0.05, 0) is 36.1 Å². The molecule has 10 heteroatoms. The fourth-order valence-electron chi connectivity index (χ4n) is 3.76. The van der Waals surface area contributed by atoms with E-state index in [0.717, 1.165) is 34.6 Å². The zero-order valence-corrected chi connectivity index (χ0v) is 17.6. The van der Waals surface area contributed by atoms with E-state index in [1.807, 2.05) is 0 Å². The maximum Gasteiger partial charge on any atom is 0.333 e. The minimum absolute atomic E-state index is 0.0991. The van der Waals surface area contributed by atoms with Gasteiger partial charge in [-0.25, -0.2) is 15.1 Å². The molecular formula is C18H28N4O4S2. The number of thiophene rings is 1. The van der Waals surface area contributed by atoms with Crippen LogP contribution in [0.2, 0.25) is 0 Å². The van der Waals surface area contributed by atoms with Gasteiger partial charge in [0.05, 0.1) is 22.9 Å². The largest absolute Gasteiger partial charge is 0.393 e. The number of aliphatic hydroxyl groups is 1. The lowest BCUT2D eigenvalue weighted by Crippen LogP contribution is -2.24. The van der Waals surface area contributed by atoms with E-state index in [1.165, 1.54) is 19.3 Å². The smallest absolute Gasteiger partial charge is 0.333 e. The van der Waals surface area contributed by atoms with E-state index < -0.39 is 16.4 Å². The van der Waals surface area contributed by atoms with E-state index in [4.69, 9.17) is 5.14 Å². The van der Waals surface area contributed by atoms with E-state index in [0.29, 0.717) is 12.8 Å². The molecule has 28 heavy (non-hydrogen) atoms. The van der Waals surface area contributed by atoms with Crippen molar-refractivity contribution < 1.29 is 17.7 Å². The number of nitrogens with zero attached hydrogens (tertiary/aromatic N) is 2. The van der Waals surface area contributed by atoms with Crippen molar-refractivity contribution in [2.24, 2.45) is 11.1 Å². The van der Waals surface area contributed by atoms with Gasteiger partial charge in [-0.15, -0.1) is 11.3 Å². The number of hydrogen-bond donors (Lipinski definition) is 3. The minimum Gasteiger partial charge on any atom is -0.393 e. The standard InChI is InChI=1S/C18H28N4O4S2/c1-2-3-4-5-6-20-18-17-16(21-11-22-18)14(10-27-17)12-7-13(15(23)8-12)9-26-28(19,24)25/h10-13,15,23H,2-9H2,1H3,(H2,19,24,25)(H,20,21,22)/t12-,13+,15+/m1/s1. The summed E-state index contributed by atoms with van der Waals surface area (Å²) in [5.41, 5.74) is 1.98. The van der Waals surface area contributed by atoms with Gasteiger partial charge in [0.2, 0.25) is 0 Å². The van der Waals surface area contributed by atoms with Crippen molar-refractivity contribution in [2.45, 2.75) is 57.5 Å². The first kappa shape index (κ1) is 21.4. The molecule has 1 aliphatic carbocycles. The van der Waals surface area contributed by atoms with Crippen LogP contribution in [0.4, 0.5) is 5.82 Å². The van der Waals surface area contributed by atoms with Crippen molar-refractivity contribution in [1.29, 1.82) is 0 Å². The average molecular weight is 429 g/mol. The summed E-state index contributed by atoms with van der Waals surface area (Å²) in [4.78, 5) is 8.86. The number of aromatic nitrogens is 2. The molecular weight excluding hydrogens is 400 g/mol. The maximum absolute atomic E-state index is 11.0. The fraction of sp³-hybridized carbons (Fsp3) is 0.667. The summed E-state index contributed by atoms with van der Waals surface area (Å²) in [5, 5.41) is 20.7. The second-order valence-electron chi connectivity index (χ2n) is 7.35. The van der Waals surface area contributed by atoms with Crippen molar-refractivity contribution in [2.75, 3.05) is 18.5 Å². The van der Waals surface area contributed by atoms with Crippen molar-refractivity contribution in [3.63, 3.8) is 0 Å². The normalized spacial score (nSPS) is 22.8. The second kappa shape index (κ2) is 9.45. The molecule has 0 aromatic carbocycles. The van der Waals surface area contributed by atoms with Gasteiger partial charge in [-0.3, -0.25) is 4.18 Å². The van der Waals surface area contributed by atoms with Crippen molar-refractivity contribution in [3.05, 3.63) is 17.3 Å². The molecule has 8 nitrogen and oxygen atoms in total. The van der Waals surface area contributed by atoms with E-state index in [9.17, 15) is 13.5 Å². The van der Waals surface area contributed by atoms with Crippen molar-refractivity contribution >= 4 is 37.7 Å². The van der Waals surface area contributed by atoms with Crippen LogP contribution in [0, 0.1) is 5.92 Å². The summed E-state index contributed by atoms with van der Waals surface area (Å²) in [6.45, 7) is 2.98. The number of fused-ring (bicyclic) bond motifs is 1. The van der Waals surface area contributed by atoms with E-state index >= 15 is 0 Å². The minimum atomic E-state index is -4.00. The van der Waals surface area contributed by atoms with Crippen LogP contribution < -0.4 is 10.5 Å². The lowest BCUT2D eigenvalue weighted by atomic mass is 9.98. The summed E-state index contributed by atoms with van der Waals surface area (Å²) in [6.07, 6.45) is 6.89. The summed E-state index contributed by atoms with van der Waals surface area (Å²) in [7, 11) is -4.00. The Kier molecular flexibility index (Phi) is 7.21. The first-order chi connectivity index (χ1) is 13.4. The van der Waals surface area contributed by atoms with Crippen molar-refractivity contribution in [1.82, 2.24) is 9.97 Å². The van der Waals surface area contributed by atoms with E-state index in [-0.39, 0.29) is 18.4 Å². The Morgan fingerprint density at radius 2 is 2.14 bits per heavy atom. The van der Waals surface area contributed by atoms with Crippen LogP contribution in [0.25, 0.3) is 10.2 Å². The second-order valence-corrected chi connectivity index (χ2v) is 9.45. The average Bonchev–Trinajstić information content (AvgIpc) is 3.23. The molecule has 0 unspecified atom stereocenters. The quantitative estimate of drug-likeness (QED) is 0.496. The van der Waals surface area contributed by atoms with Crippen LogP contribution in [0.1, 0.15) is 56.9 Å². The first-order valence-electron chi connectivity index (χ1n) is 9.70. The van der Waals surface area contributed by atoms with Crippen LogP contribution in [0.3, 0.4) is 0 Å². The predicted molar refractivity (Wildman–Crippen MR) is 111 cm³/mol. The number of nitrogens with two attached hydrogens (primary N) is 1. The Balaban J connectivity index is 1.68. The molecule has 0 bridgehead atoms. The molecule has 0 spiro atoms. The SMILES string of the molecule is CCCCCCNc1ncnc2c([C@@H]3C[C@@H](COS(N)(=O)=O)[C@@H](O)C3)csc12. The number of aliphatic hydroxyl groups excluding tert-OH is 1. The predicted octanol–water partition coefficient (Wildman–Crippen LogP) is 2.76. The lowest BCUT2D eigenvalue weighted by Gasteiger charge is -2.12. The molecule has 0 amide bonds.